The Hall–Kier alpha value is -4.85. The zero-order valence-corrected chi connectivity index (χ0v) is 29.1. The Morgan fingerprint density at radius 1 is 0.875 bits per heavy atom. The Bertz CT molecular complexity index is 2010. The number of allylic oxidation sites excluding steroid dienone is 1. The Morgan fingerprint density at radius 3 is 1.98 bits per heavy atom. The van der Waals surface area contributed by atoms with Crippen LogP contribution in [-0.2, 0) is 9.59 Å². The van der Waals surface area contributed by atoms with Gasteiger partial charge in [-0.05, 0) is 97.6 Å². The lowest BCUT2D eigenvalue weighted by Crippen LogP contribution is -2.07. The average molecular weight is 707 g/mol. The van der Waals surface area contributed by atoms with Gasteiger partial charge in [-0.15, -0.1) is 0 Å². The van der Waals surface area contributed by atoms with Gasteiger partial charge >= 0.3 is 5.63 Å². The molecule has 0 saturated carbocycles. The van der Waals surface area contributed by atoms with E-state index in [4.69, 9.17) is 39.2 Å². The zero-order valence-electron chi connectivity index (χ0n) is 26.8. The second-order valence-corrected chi connectivity index (χ2v) is 11.2. The first-order valence-electron chi connectivity index (χ1n) is 14.1. The lowest BCUT2D eigenvalue weighted by Gasteiger charge is -2.11. The van der Waals surface area contributed by atoms with Crippen molar-refractivity contribution < 1.29 is 23.9 Å². The summed E-state index contributed by atoms with van der Waals surface area (Å²) in [4.78, 5) is 52.8. The maximum absolute atomic E-state index is 12.4. The van der Waals surface area contributed by atoms with Gasteiger partial charge in [0, 0.05) is 40.0 Å². The van der Waals surface area contributed by atoms with Crippen molar-refractivity contribution in [2.24, 2.45) is 0 Å². The van der Waals surface area contributed by atoms with Crippen molar-refractivity contribution in [3.8, 4) is 28.3 Å². The molecule has 0 bridgehead atoms. The minimum Gasteiger partial charge on any atom is -0.507 e. The Kier molecular flexibility index (Phi) is 15.1. The summed E-state index contributed by atoms with van der Waals surface area (Å²) in [6.07, 6.45) is 3.75. The fourth-order valence-electron chi connectivity index (χ4n) is 4.32. The number of rotatable bonds is 6. The molecule has 0 atom stereocenters. The van der Waals surface area contributed by atoms with Crippen LogP contribution in [-0.4, -0.2) is 32.0 Å². The van der Waals surface area contributed by atoms with Crippen molar-refractivity contribution in [2.75, 3.05) is 0 Å². The number of carbonyl (C=O) groups is 2. The molecule has 3 aromatic heterocycles. The summed E-state index contributed by atoms with van der Waals surface area (Å²) in [5.41, 5.74) is 3.43. The standard InChI is InChI=1S/C18H14ClNO3.C10H6Cl2O2.C8H9NO.CH3/c1-10-9-12(19)6-7-13(10)15-16(21)11(2)17(23-18(15)22)14-5-3-4-8-20-14;1-6-4-7(11)2-3-8(6)9(5-13)10(12)14;1-2-8(10)7-5-3-4-6-9-7;/h3-9,21H,1-2H3;2-4H,1H3;3-6H,2H2,1H3;1H3/q;;;-1. The number of Topliss-reactive ketones (excluding diaryl/α,β-unsaturated/α-hetero) is 1. The molecule has 5 rings (SSSR count). The summed E-state index contributed by atoms with van der Waals surface area (Å²) in [6, 6.07) is 20.5. The SMILES string of the molecule is CCC(=O)c1ccccn1.Cc1cc(Cl)ccc1-c1c(O)c(C)c(-c2ccccn2)oc1=O.Cc1cc(Cl)ccc1C(=C=O)C(=O)Cl.[CH3-]. The molecule has 2 aromatic carbocycles. The monoisotopic (exact) mass is 705 g/mol. The van der Waals surface area contributed by atoms with Crippen molar-refractivity contribution in [3.63, 3.8) is 0 Å². The van der Waals surface area contributed by atoms with E-state index in [1.807, 2.05) is 19.9 Å². The molecular weight excluding hydrogens is 675 g/mol. The van der Waals surface area contributed by atoms with Gasteiger partial charge in [0.1, 0.15) is 34.2 Å². The molecule has 0 amide bonds. The number of nitrogens with zero attached hydrogens (tertiary/aromatic N) is 2. The molecule has 0 aliphatic heterocycles. The molecule has 1 N–H and O–H groups in total. The molecule has 0 radical (unpaired) electrons. The fraction of sp³-hybridized carbons (Fsp3) is 0.135. The number of hydrogen-bond donors (Lipinski definition) is 1. The van der Waals surface area contributed by atoms with Crippen LogP contribution in [0, 0.1) is 28.2 Å². The van der Waals surface area contributed by atoms with Crippen LogP contribution in [0.3, 0.4) is 0 Å². The highest BCUT2D eigenvalue weighted by atomic mass is 35.5. The van der Waals surface area contributed by atoms with Gasteiger partial charge in [0.05, 0.1) is 0 Å². The first-order chi connectivity index (χ1) is 22.4. The minimum absolute atomic E-state index is 0. The fourth-order valence-corrected chi connectivity index (χ4v) is 4.91. The second kappa shape index (κ2) is 18.5. The van der Waals surface area contributed by atoms with Gasteiger partial charge in [0.25, 0.3) is 5.24 Å². The van der Waals surface area contributed by atoms with E-state index < -0.39 is 10.9 Å². The molecule has 0 aliphatic carbocycles. The number of aryl methyl sites for hydroxylation is 2. The topological polar surface area (TPSA) is 127 Å². The molecular formula is C37H32Cl3N2O6-. The molecule has 3 heterocycles. The molecule has 5 aromatic rings. The number of aromatic nitrogens is 2. The Balaban J connectivity index is 0.000000274. The van der Waals surface area contributed by atoms with Crippen LogP contribution in [0.25, 0.3) is 28.2 Å². The van der Waals surface area contributed by atoms with E-state index in [1.165, 1.54) is 5.94 Å². The van der Waals surface area contributed by atoms with Gasteiger partial charge in [-0.3, -0.25) is 19.6 Å². The largest absolute Gasteiger partial charge is 0.507 e. The third-order valence-electron chi connectivity index (χ3n) is 6.71. The Labute approximate surface area is 293 Å². The first kappa shape index (κ1) is 39.3. The molecule has 0 unspecified atom stereocenters. The predicted molar refractivity (Wildman–Crippen MR) is 191 cm³/mol. The normalized spacial score (nSPS) is 9.81. The number of halogens is 3. The summed E-state index contributed by atoms with van der Waals surface area (Å²) in [5.74, 6) is 1.78. The summed E-state index contributed by atoms with van der Waals surface area (Å²) in [5, 5.41) is 10.8. The van der Waals surface area contributed by atoms with Crippen LogP contribution in [0.5, 0.6) is 5.75 Å². The number of aromatic hydroxyl groups is 1. The average Bonchev–Trinajstić information content (AvgIpc) is 3.06. The lowest BCUT2D eigenvalue weighted by molar-refractivity contribution is -0.106. The summed E-state index contributed by atoms with van der Waals surface area (Å²) < 4.78 is 5.43. The number of benzene rings is 2. The number of ketones is 1. The van der Waals surface area contributed by atoms with Crippen molar-refractivity contribution in [1.29, 1.82) is 0 Å². The maximum Gasteiger partial charge on any atom is 0.348 e. The molecule has 11 heteroatoms. The van der Waals surface area contributed by atoms with E-state index >= 15 is 0 Å². The molecule has 0 fully saturated rings. The van der Waals surface area contributed by atoms with Crippen LogP contribution in [0.4, 0.5) is 0 Å². The van der Waals surface area contributed by atoms with Crippen molar-refractivity contribution >= 4 is 57.3 Å². The van der Waals surface area contributed by atoms with Crippen molar-refractivity contribution in [3.05, 3.63) is 141 Å². The van der Waals surface area contributed by atoms with Gasteiger partial charge in [-0.2, -0.15) is 0 Å². The quantitative estimate of drug-likeness (QED) is 0.0609. The van der Waals surface area contributed by atoms with Gasteiger partial charge in [-0.1, -0.05) is 54.4 Å². The van der Waals surface area contributed by atoms with Gasteiger partial charge < -0.3 is 17.0 Å². The van der Waals surface area contributed by atoms with E-state index in [0.717, 1.165) is 5.56 Å². The summed E-state index contributed by atoms with van der Waals surface area (Å²) in [6.45, 7) is 7.08. The van der Waals surface area contributed by atoms with E-state index in [-0.39, 0.29) is 35.9 Å². The highest BCUT2D eigenvalue weighted by Gasteiger charge is 2.21. The second-order valence-electron chi connectivity index (χ2n) is 9.94. The van der Waals surface area contributed by atoms with Crippen molar-refractivity contribution in [2.45, 2.75) is 34.1 Å². The number of hydrogen-bond acceptors (Lipinski definition) is 8. The van der Waals surface area contributed by atoms with Crippen LogP contribution in [0.2, 0.25) is 10.0 Å². The van der Waals surface area contributed by atoms with Crippen molar-refractivity contribution in [1.82, 2.24) is 9.97 Å². The molecule has 0 saturated heterocycles. The maximum atomic E-state index is 12.4. The van der Waals surface area contributed by atoms with Gasteiger partial charge in [0.2, 0.25) is 0 Å². The molecule has 0 spiro atoms. The highest BCUT2D eigenvalue weighted by molar-refractivity contribution is 6.75. The van der Waals surface area contributed by atoms with E-state index in [1.54, 1.807) is 93.0 Å². The van der Waals surface area contributed by atoms with E-state index in [0.29, 0.717) is 50.1 Å². The molecule has 48 heavy (non-hydrogen) atoms. The third-order valence-corrected chi connectivity index (χ3v) is 7.37. The molecule has 248 valence electrons. The lowest BCUT2D eigenvalue weighted by atomic mass is 9.99. The van der Waals surface area contributed by atoms with Gasteiger partial charge in [-0.25, -0.2) is 9.59 Å². The van der Waals surface area contributed by atoms with E-state index in [9.17, 15) is 24.3 Å². The smallest absolute Gasteiger partial charge is 0.348 e. The van der Waals surface area contributed by atoms with Crippen LogP contribution < -0.4 is 5.63 Å². The van der Waals surface area contributed by atoms with Crippen LogP contribution in [0.15, 0.2) is 94.4 Å². The zero-order chi connectivity index (χ0) is 34.7. The number of carbonyl (C=O) groups excluding carboxylic acids is 3. The van der Waals surface area contributed by atoms with Crippen LogP contribution in [0.1, 0.15) is 46.1 Å². The minimum atomic E-state index is -0.814. The Morgan fingerprint density at radius 2 is 1.48 bits per heavy atom. The summed E-state index contributed by atoms with van der Waals surface area (Å²) >= 11 is 16.9. The van der Waals surface area contributed by atoms with E-state index in [2.05, 4.69) is 9.97 Å². The highest BCUT2D eigenvalue weighted by Crippen LogP contribution is 2.36. The predicted octanol–water partition coefficient (Wildman–Crippen LogP) is 9.10. The first-order valence-corrected chi connectivity index (χ1v) is 15.2. The van der Waals surface area contributed by atoms with Gasteiger partial charge in [0.15, 0.2) is 11.5 Å². The third kappa shape index (κ3) is 10.1. The molecule has 8 nitrogen and oxygen atoms in total. The van der Waals surface area contributed by atoms with Crippen LogP contribution >= 0.6 is 34.8 Å². The molecule has 0 aliphatic rings. The number of pyridine rings is 2. The summed E-state index contributed by atoms with van der Waals surface area (Å²) in [7, 11) is 0.